The number of aromatic nitrogens is 2. The van der Waals surface area contributed by atoms with Crippen molar-refractivity contribution in [2.24, 2.45) is 16.6 Å². The van der Waals surface area contributed by atoms with E-state index in [2.05, 4.69) is 37.2 Å². The molecule has 0 unspecified atom stereocenters. The summed E-state index contributed by atoms with van der Waals surface area (Å²) in [7, 11) is 0. The van der Waals surface area contributed by atoms with Crippen molar-refractivity contribution in [1.29, 1.82) is 10.7 Å². The molecule has 11 heteroatoms. The van der Waals surface area contributed by atoms with E-state index in [0.717, 1.165) is 31.9 Å². The van der Waals surface area contributed by atoms with E-state index in [1.807, 2.05) is 0 Å². The lowest BCUT2D eigenvalue weighted by Gasteiger charge is -2.29. The molecule has 1 amide bonds. The first-order valence-corrected chi connectivity index (χ1v) is 9.79. The molecule has 11 nitrogen and oxygen atoms in total. The summed E-state index contributed by atoms with van der Waals surface area (Å²) in [5.74, 6) is -0.146. The Hall–Kier alpha value is -4.04. The smallest absolute Gasteiger partial charge is 0.254 e. The normalized spacial score (nSPS) is 18.2. The molecule has 1 aromatic heterocycles. The Bertz CT molecular complexity index is 1030. The van der Waals surface area contributed by atoms with Crippen LogP contribution in [0.3, 0.4) is 0 Å². The summed E-state index contributed by atoms with van der Waals surface area (Å²) in [5.41, 5.74) is 15.9. The zero-order valence-electron chi connectivity index (χ0n) is 16.8. The zero-order valence-corrected chi connectivity index (χ0v) is 16.8. The molecule has 0 spiro atoms. The van der Waals surface area contributed by atoms with Crippen molar-refractivity contribution in [1.82, 2.24) is 9.97 Å². The average molecular weight is 420 g/mol. The molecule has 2 atom stereocenters. The first-order chi connectivity index (χ1) is 15.0. The molecule has 0 saturated heterocycles. The number of anilines is 4. The second-order valence-electron chi connectivity index (χ2n) is 7.11. The van der Waals surface area contributed by atoms with E-state index in [1.165, 1.54) is 12.4 Å². The van der Waals surface area contributed by atoms with E-state index >= 15 is 0 Å². The van der Waals surface area contributed by atoms with Crippen LogP contribution in [-0.2, 0) is 0 Å². The minimum atomic E-state index is -0.686. The van der Waals surface area contributed by atoms with Crippen LogP contribution in [0.4, 0.5) is 23.1 Å². The quantitative estimate of drug-likeness (QED) is 0.275. The lowest BCUT2D eigenvalue weighted by molar-refractivity contribution is 0.100. The molecule has 3 rings (SSSR count). The molecular formula is C20H24N10O. The molecule has 0 bridgehead atoms. The number of carbonyl (C=O) groups excluding carboxylic acids is 1. The molecule has 8 N–H and O–H groups in total. The highest BCUT2D eigenvalue weighted by Crippen LogP contribution is 2.25. The van der Waals surface area contributed by atoms with Crippen LogP contribution >= 0.6 is 0 Å². The van der Waals surface area contributed by atoms with E-state index in [0.29, 0.717) is 22.9 Å². The van der Waals surface area contributed by atoms with Crippen LogP contribution in [0.25, 0.3) is 0 Å². The number of nitrogens with one attached hydrogen (secondary N) is 4. The molecular weight excluding hydrogens is 396 g/mol. The van der Waals surface area contributed by atoms with Gasteiger partial charge in [0.2, 0.25) is 5.95 Å². The van der Waals surface area contributed by atoms with Crippen molar-refractivity contribution in [2.75, 3.05) is 16.1 Å². The highest BCUT2D eigenvalue weighted by atomic mass is 16.1. The van der Waals surface area contributed by atoms with E-state index in [4.69, 9.17) is 16.9 Å². The Morgan fingerprint density at radius 1 is 1.29 bits per heavy atom. The van der Waals surface area contributed by atoms with Gasteiger partial charge in [0, 0.05) is 30.2 Å². The second kappa shape index (κ2) is 10.1. The van der Waals surface area contributed by atoms with Gasteiger partial charge in [-0.05, 0) is 31.0 Å². The molecule has 1 aliphatic carbocycles. The van der Waals surface area contributed by atoms with E-state index < -0.39 is 5.91 Å². The fraction of sp³-hybridized carbons (Fsp3) is 0.300. The number of rotatable bonds is 8. The van der Waals surface area contributed by atoms with Gasteiger partial charge in [-0.1, -0.05) is 12.8 Å². The number of nitrogens with two attached hydrogens (primary N) is 2. The fourth-order valence-electron chi connectivity index (χ4n) is 3.35. The standard InChI is InChI=1S/C20H24N10O/c21-5-6-26-30-14-8-12(10-22)7-13(9-14)27-19-15(18(24)31)11-25-20(29-19)28-17-4-2-1-3-16(17)23/h5-9,11,16-17,21,30H,1-4,23H2,(H2,24,31)(H2,25,27,28,29)/b21-5?,26-6-/t16-,17+/m0/s1. The van der Waals surface area contributed by atoms with Gasteiger partial charge in [0.15, 0.2) is 0 Å². The van der Waals surface area contributed by atoms with Gasteiger partial charge in [-0.25, -0.2) is 4.98 Å². The maximum Gasteiger partial charge on any atom is 0.254 e. The van der Waals surface area contributed by atoms with E-state index in [9.17, 15) is 10.1 Å². The number of benzene rings is 1. The topological polar surface area (TPSA) is 191 Å². The van der Waals surface area contributed by atoms with Crippen LogP contribution in [0.2, 0.25) is 0 Å². The summed E-state index contributed by atoms with van der Waals surface area (Å²) < 4.78 is 0. The highest BCUT2D eigenvalue weighted by molar-refractivity contribution is 6.14. The Morgan fingerprint density at radius 2 is 2.06 bits per heavy atom. The minimum Gasteiger partial charge on any atom is -0.365 e. The fourth-order valence-corrected chi connectivity index (χ4v) is 3.35. The summed E-state index contributed by atoms with van der Waals surface area (Å²) in [6, 6.07) is 6.99. The van der Waals surface area contributed by atoms with Crippen LogP contribution < -0.4 is 27.5 Å². The molecule has 160 valence electrons. The van der Waals surface area contributed by atoms with Gasteiger partial charge in [0.25, 0.3) is 5.91 Å². The third kappa shape index (κ3) is 5.74. The molecule has 1 fully saturated rings. The summed E-state index contributed by atoms with van der Waals surface area (Å²) in [6.45, 7) is 0. The third-order valence-corrected chi connectivity index (χ3v) is 4.86. The lowest BCUT2D eigenvalue weighted by atomic mass is 9.91. The van der Waals surface area contributed by atoms with Crippen molar-refractivity contribution < 1.29 is 4.79 Å². The maximum absolute atomic E-state index is 11.9. The monoisotopic (exact) mass is 420 g/mol. The van der Waals surface area contributed by atoms with Gasteiger partial charge in [0.05, 0.1) is 23.5 Å². The number of primary amides is 1. The number of nitrogens with zero attached hydrogens (tertiary/aromatic N) is 4. The molecule has 2 aromatic rings. The molecule has 1 aromatic carbocycles. The number of carbonyl (C=O) groups is 1. The van der Waals surface area contributed by atoms with Crippen molar-refractivity contribution in [3.8, 4) is 6.07 Å². The van der Waals surface area contributed by atoms with Crippen LogP contribution in [-0.4, -0.2) is 40.4 Å². The second-order valence-corrected chi connectivity index (χ2v) is 7.11. The van der Waals surface area contributed by atoms with Crippen molar-refractivity contribution in [2.45, 2.75) is 37.8 Å². The Labute approximate surface area is 179 Å². The molecule has 0 aliphatic heterocycles. The number of nitriles is 1. The lowest BCUT2D eigenvalue weighted by Crippen LogP contribution is -2.43. The number of hydrogen-bond donors (Lipinski definition) is 6. The van der Waals surface area contributed by atoms with Crippen LogP contribution in [0.5, 0.6) is 0 Å². The number of hydrogen-bond acceptors (Lipinski definition) is 10. The van der Waals surface area contributed by atoms with E-state index in [1.54, 1.807) is 18.2 Å². The minimum absolute atomic E-state index is 0.00652. The van der Waals surface area contributed by atoms with E-state index in [-0.39, 0.29) is 23.5 Å². The van der Waals surface area contributed by atoms with Crippen LogP contribution in [0.1, 0.15) is 41.6 Å². The van der Waals surface area contributed by atoms with Gasteiger partial charge in [0.1, 0.15) is 11.4 Å². The van der Waals surface area contributed by atoms with Gasteiger partial charge in [-0.3, -0.25) is 10.2 Å². The Morgan fingerprint density at radius 3 is 2.77 bits per heavy atom. The Balaban J connectivity index is 1.89. The molecule has 1 saturated carbocycles. The predicted molar refractivity (Wildman–Crippen MR) is 120 cm³/mol. The molecule has 1 heterocycles. The van der Waals surface area contributed by atoms with Gasteiger partial charge in [-0.2, -0.15) is 15.3 Å². The first kappa shape index (κ1) is 21.7. The molecule has 31 heavy (non-hydrogen) atoms. The van der Waals surface area contributed by atoms with Crippen molar-refractivity contribution in [3.05, 3.63) is 35.5 Å². The van der Waals surface area contributed by atoms with Crippen molar-refractivity contribution >= 4 is 41.5 Å². The predicted octanol–water partition coefficient (Wildman–Crippen LogP) is 1.92. The highest BCUT2D eigenvalue weighted by Gasteiger charge is 2.23. The first-order valence-electron chi connectivity index (χ1n) is 9.79. The number of amides is 1. The molecule has 0 radical (unpaired) electrons. The van der Waals surface area contributed by atoms with Crippen molar-refractivity contribution in [3.63, 3.8) is 0 Å². The summed E-state index contributed by atoms with van der Waals surface area (Å²) in [5, 5.41) is 26.4. The van der Waals surface area contributed by atoms with Crippen LogP contribution in [0.15, 0.2) is 29.5 Å². The number of hydrazone groups is 1. The maximum atomic E-state index is 11.9. The summed E-state index contributed by atoms with van der Waals surface area (Å²) in [6.07, 6.45) is 7.66. The summed E-state index contributed by atoms with van der Waals surface area (Å²) in [4.78, 5) is 20.5. The van der Waals surface area contributed by atoms with Crippen LogP contribution in [0, 0.1) is 16.7 Å². The summed E-state index contributed by atoms with van der Waals surface area (Å²) >= 11 is 0. The van der Waals surface area contributed by atoms with Gasteiger partial charge in [-0.15, -0.1) is 0 Å². The van der Waals surface area contributed by atoms with Gasteiger partial charge >= 0.3 is 0 Å². The largest absolute Gasteiger partial charge is 0.365 e. The molecule has 1 aliphatic rings. The van der Waals surface area contributed by atoms with Gasteiger partial charge < -0.3 is 27.5 Å². The SMILES string of the molecule is N#Cc1cc(N/N=C\C=N)cc(Nc2nc(N[C@@H]3CCCC[C@@H]3N)ncc2C(N)=O)c1. The zero-order chi connectivity index (χ0) is 22.2. The third-order valence-electron chi connectivity index (χ3n) is 4.86. The Kier molecular flexibility index (Phi) is 7.08. The average Bonchev–Trinajstić information content (AvgIpc) is 2.75.